The zero-order valence-corrected chi connectivity index (χ0v) is 11.9. The molecule has 0 aliphatic carbocycles. The number of likely N-dealkylation sites (tertiary alicyclic amines) is 1. The van der Waals surface area contributed by atoms with Gasteiger partial charge in [-0.05, 0) is 52.9 Å². The molecule has 0 aromatic rings. The van der Waals surface area contributed by atoms with Crippen molar-refractivity contribution >= 4 is 0 Å². The number of ether oxygens (including phenoxy) is 1. The van der Waals surface area contributed by atoms with Crippen LogP contribution in [-0.4, -0.2) is 74.5 Å². The first-order valence-corrected chi connectivity index (χ1v) is 7.23. The van der Waals surface area contributed by atoms with Crippen LogP contribution in [0.1, 0.15) is 25.7 Å². The summed E-state index contributed by atoms with van der Waals surface area (Å²) in [7, 11) is 4.35. The van der Waals surface area contributed by atoms with Gasteiger partial charge in [0.1, 0.15) is 0 Å². The summed E-state index contributed by atoms with van der Waals surface area (Å²) in [4.78, 5) is 4.88. The second-order valence-electron chi connectivity index (χ2n) is 6.24. The van der Waals surface area contributed by atoms with Gasteiger partial charge < -0.3 is 19.6 Å². The quantitative estimate of drug-likeness (QED) is 0.807. The van der Waals surface area contributed by atoms with Gasteiger partial charge in [0.25, 0.3) is 0 Å². The van der Waals surface area contributed by atoms with Gasteiger partial charge >= 0.3 is 0 Å². The van der Waals surface area contributed by atoms with Crippen molar-refractivity contribution in [2.45, 2.75) is 31.7 Å². The molecule has 0 bridgehead atoms. The Morgan fingerprint density at radius 2 is 1.83 bits per heavy atom. The fraction of sp³-hybridized carbons (Fsp3) is 1.00. The van der Waals surface area contributed by atoms with E-state index in [1.54, 1.807) is 0 Å². The van der Waals surface area contributed by atoms with E-state index in [9.17, 15) is 5.11 Å². The van der Waals surface area contributed by atoms with Crippen molar-refractivity contribution in [3.05, 3.63) is 0 Å². The highest BCUT2D eigenvalue weighted by Gasteiger charge is 2.35. The lowest BCUT2D eigenvalue weighted by Gasteiger charge is -2.42. The van der Waals surface area contributed by atoms with Crippen molar-refractivity contribution in [1.29, 1.82) is 0 Å². The first-order valence-electron chi connectivity index (χ1n) is 7.23. The molecule has 106 valence electrons. The Bertz CT molecular complexity index is 244. The topological polar surface area (TPSA) is 35.9 Å². The highest BCUT2D eigenvalue weighted by atomic mass is 16.5. The summed E-state index contributed by atoms with van der Waals surface area (Å²) in [5.41, 5.74) is 0.100. The van der Waals surface area contributed by atoms with E-state index >= 15 is 0 Å². The maximum atomic E-state index is 9.72. The highest BCUT2D eigenvalue weighted by molar-refractivity contribution is 4.87. The predicted molar refractivity (Wildman–Crippen MR) is 72.7 cm³/mol. The SMILES string of the molecule is CN(C)C1CCN(CC2(CO)CCOCC2)CC1. The standard InChI is InChI=1S/C14H28N2O2/c1-15(2)13-3-7-16(8-4-13)11-14(12-17)5-9-18-10-6-14/h13,17H,3-12H2,1-2H3. The van der Waals surface area contributed by atoms with Gasteiger partial charge in [0.05, 0.1) is 6.61 Å². The molecule has 0 unspecified atom stereocenters. The molecule has 0 aromatic carbocycles. The van der Waals surface area contributed by atoms with E-state index in [1.165, 1.54) is 25.9 Å². The number of aliphatic hydroxyl groups excluding tert-OH is 1. The van der Waals surface area contributed by atoms with Gasteiger partial charge in [-0.2, -0.15) is 0 Å². The van der Waals surface area contributed by atoms with Gasteiger partial charge in [0.2, 0.25) is 0 Å². The lowest BCUT2D eigenvalue weighted by atomic mass is 9.80. The van der Waals surface area contributed by atoms with Crippen LogP contribution in [0.4, 0.5) is 0 Å². The zero-order valence-electron chi connectivity index (χ0n) is 11.9. The molecule has 0 spiro atoms. The number of piperidine rings is 1. The van der Waals surface area contributed by atoms with Crippen LogP contribution in [0.5, 0.6) is 0 Å². The van der Waals surface area contributed by atoms with Crippen LogP contribution >= 0.6 is 0 Å². The van der Waals surface area contributed by atoms with E-state index in [2.05, 4.69) is 23.9 Å². The van der Waals surface area contributed by atoms with E-state index in [-0.39, 0.29) is 5.41 Å². The zero-order chi connectivity index (χ0) is 13.0. The van der Waals surface area contributed by atoms with Gasteiger partial charge in [-0.15, -0.1) is 0 Å². The fourth-order valence-corrected chi connectivity index (χ4v) is 3.24. The van der Waals surface area contributed by atoms with Gasteiger partial charge in [-0.1, -0.05) is 0 Å². The smallest absolute Gasteiger partial charge is 0.0501 e. The highest BCUT2D eigenvalue weighted by Crippen LogP contribution is 2.32. The minimum Gasteiger partial charge on any atom is -0.396 e. The first-order chi connectivity index (χ1) is 8.65. The monoisotopic (exact) mass is 256 g/mol. The molecule has 1 N–H and O–H groups in total. The van der Waals surface area contributed by atoms with Crippen molar-refractivity contribution in [1.82, 2.24) is 9.80 Å². The lowest BCUT2D eigenvalue weighted by Crippen LogP contribution is -2.48. The summed E-state index contributed by atoms with van der Waals surface area (Å²) in [5, 5.41) is 9.72. The largest absolute Gasteiger partial charge is 0.396 e. The van der Waals surface area contributed by atoms with Crippen molar-refractivity contribution in [2.24, 2.45) is 5.41 Å². The number of hydrogen-bond acceptors (Lipinski definition) is 4. The lowest BCUT2D eigenvalue weighted by molar-refractivity contribution is -0.0391. The molecular formula is C14H28N2O2. The molecule has 2 rings (SSSR count). The Hall–Kier alpha value is -0.160. The van der Waals surface area contributed by atoms with E-state index in [0.717, 1.165) is 38.6 Å². The Morgan fingerprint density at radius 1 is 1.22 bits per heavy atom. The van der Waals surface area contributed by atoms with Crippen molar-refractivity contribution in [3.63, 3.8) is 0 Å². The molecule has 0 amide bonds. The average molecular weight is 256 g/mol. The summed E-state index contributed by atoms with van der Waals surface area (Å²) in [5.74, 6) is 0. The molecule has 4 heteroatoms. The average Bonchev–Trinajstić information content (AvgIpc) is 2.40. The van der Waals surface area contributed by atoms with Gasteiger partial charge in [-0.3, -0.25) is 0 Å². The number of nitrogens with zero attached hydrogens (tertiary/aromatic N) is 2. The van der Waals surface area contributed by atoms with Gasteiger partial charge in [0, 0.05) is 31.2 Å². The molecule has 0 aromatic heterocycles. The Morgan fingerprint density at radius 3 is 2.33 bits per heavy atom. The van der Waals surface area contributed by atoms with Crippen molar-refractivity contribution in [3.8, 4) is 0 Å². The van der Waals surface area contributed by atoms with E-state index in [4.69, 9.17) is 4.74 Å². The van der Waals surface area contributed by atoms with Crippen LogP contribution in [0, 0.1) is 5.41 Å². The molecule has 2 aliphatic heterocycles. The Balaban J connectivity index is 1.82. The summed E-state index contributed by atoms with van der Waals surface area (Å²) < 4.78 is 5.43. The maximum absolute atomic E-state index is 9.72. The van der Waals surface area contributed by atoms with Gasteiger partial charge in [-0.25, -0.2) is 0 Å². The van der Waals surface area contributed by atoms with Crippen molar-refractivity contribution < 1.29 is 9.84 Å². The van der Waals surface area contributed by atoms with Crippen LogP contribution in [0.2, 0.25) is 0 Å². The molecule has 18 heavy (non-hydrogen) atoms. The number of hydrogen-bond donors (Lipinski definition) is 1. The molecule has 2 heterocycles. The number of aliphatic hydroxyl groups is 1. The van der Waals surface area contributed by atoms with Crippen LogP contribution in [-0.2, 0) is 4.74 Å². The van der Waals surface area contributed by atoms with E-state index < -0.39 is 0 Å². The molecule has 2 aliphatic rings. The minimum atomic E-state index is 0.100. The molecule has 4 nitrogen and oxygen atoms in total. The second-order valence-corrected chi connectivity index (χ2v) is 6.24. The summed E-state index contributed by atoms with van der Waals surface area (Å²) in [6.07, 6.45) is 4.53. The second kappa shape index (κ2) is 6.33. The normalized spacial score (nSPS) is 26.7. The third kappa shape index (κ3) is 3.44. The van der Waals surface area contributed by atoms with E-state index in [0.29, 0.717) is 6.61 Å². The number of rotatable bonds is 4. The molecule has 2 fully saturated rings. The summed E-state index contributed by atoms with van der Waals surface area (Å²) >= 11 is 0. The first kappa shape index (κ1) is 14.3. The van der Waals surface area contributed by atoms with Crippen LogP contribution in [0.25, 0.3) is 0 Å². The fourth-order valence-electron chi connectivity index (χ4n) is 3.24. The third-order valence-electron chi connectivity index (χ3n) is 4.74. The molecule has 0 radical (unpaired) electrons. The minimum absolute atomic E-state index is 0.100. The van der Waals surface area contributed by atoms with Crippen LogP contribution < -0.4 is 0 Å². The third-order valence-corrected chi connectivity index (χ3v) is 4.74. The summed E-state index contributed by atoms with van der Waals surface area (Å²) in [6.45, 7) is 5.33. The Labute approximate surface area is 111 Å². The molecule has 2 saturated heterocycles. The van der Waals surface area contributed by atoms with Gasteiger partial charge in [0.15, 0.2) is 0 Å². The maximum Gasteiger partial charge on any atom is 0.0501 e. The van der Waals surface area contributed by atoms with Crippen LogP contribution in [0.3, 0.4) is 0 Å². The molecule has 0 saturated carbocycles. The van der Waals surface area contributed by atoms with E-state index in [1.807, 2.05) is 0 Å². The Kier molecular flexibility index (Phi) is 5.01. The van der Waals surface area contributed by atoms with Crippen molar-refractivity contribution in [2.75, 3.05) is 53.6 Å². The molecular weight excluding hydrogens is 228 g/mol. The predicted octanol–water partition coefficient (Wildman–Crippen LogP) is 0.802. The van der Waals surface area contributed by atoms with Crippen LogP contribution in [0.15, 0.2) is 0 Å². The molecule has 0 atom stereocenters. The summed E-state index contributed by atoms with van der Waals surface area (Å²) in [6, 6.07) is 0.737.